The zero-order valence-corrected chi connectivity index (χ0v) is 13.0. The van der Waals surface area contributed by atoms with Crippen LogP contribution in [0.2, 0.25) is 0 Å². The molecule has 1 aromatic rings. The van der Waals surface area contributed by atoms with Crippen LogP contribution in [0.5, 0.6) is 0 Å². The summed E-state index contributed by atoms with van der Waals surface area (Å²) in [5.41, 5.74) is 1.16. The molecule has 0 spiro atoms. The third-order valence-corrected chi connectivity index (χ3v) is 5.30. The van der Waals surface area contributed by atoms with Crippen LogP contribution in [0.1, 0.15) is 50.0 Å². The normalized spacial score (nSPS) is 26.2. The highest BCUT2D eigenvalue weighted by Gasteiger charge is 2.30. The fourth-order valence-electron chi connectivity index (χ4n) is 3.79. The van der Waals surface area contributed by atoms with E-state index in [-0.39, 0.29) is 5.82 Å². The summed E-state index contributed by atoms with van der Waals surface area (Å²) < 4.78 is 13.2. The van der Waals surface area contributed by atoms with Gasteiger partial charge >= 0.3 is 0 Å². The molecule has 2 nitrogen and oxygen atoms in total. The summed E-state index contributed by atoms with van der Waals surface area (Å²) in [4.78, 5) is 2.52. The van der Waals surface area contributed by atoms with Crippen molar-refractivity contribution in [2.75, 3.05) is 20.1 Å². The van der Waals surface area contributed by atoms with Crippen molar-refractivity contribution < 1.29 is 4.39 Å². The molecule has 0 saturated heterocycles. The van der Waals surface area contributed by atoms with E-state index in [0.717, 1.165) is 37.5 Å². The Bertz CT molecular complexity index is 450. The first kappa shape index (κ1) is 15.0. The molecule has 0 atom stereocenters. The molecule has 2 saturated carbocycles. The number of hydrogen-bond donors (Lipinski definition) is 1. The highest BCUT2D eigenvalue weighted by molar-refractivity contribution is 5.23. The van der Waals surface area contributed by atoms with Crippen LogP contribution in [0.4, 0.5) is 4.39 Å². The van der Waals surface area contributed by atoms with E-state index in [1.54, 1.807) is 6.07 Å². The van der Waals surface area contributed by atoms with Crippen LogP contribution in [0, 0.1) is 5.82 Å². The van der Waals surface area contributed by atoms with E-state index < -0.39 is 0 Å². The van der Waals surface area contributed by atoms with Gasteiger partial charge < -0.3 is 10.2 Å². The first-order valence-electron chi connectivity index (χ1n) is 8.41. The van der Waals surface area contributed by atoms with Crippen LogP contribution in [0.25, 0.3) is 0 Å². The molecule has 21 heavy (non-hydrogen) atoms. The number of likely N-dealkylation sites (N-methyl/N-ethyl adjacent to an activating group) is 1. The third-order valence-electron chi connectivity index (χ3n) is 5.30. The summed E-state index contributed by atoms with van der Waals surface area (Å²) in [6.07, 6.45) is 7.86. The quantitative estimate of drug-likeness (QED) is 0.862. The molecule has 0 aromatic heterocycles. The highest BCUT2D eigenvalue weighted by atomic mass is 19.1. The van der Waals surface area contributed by atoms with Crippen LogP contribution in [-0.2, 0) is 0 Å². The maximum atomic E-state index is 13.2. The number of hydrogen-bond acceptors (Lipinski definition) is 2. The minimum Gasteiger partial charge on any atom is -0.313 e. The lowest BCUT2D eigenvalue weighted by Gasteiger charge is -2.37. The van der Waals surface area contributed by atoms with Gasteiger partial charge in [0.15, 0.2) is 0 Å². The van der Waals surface area contributed by atoms with Crippen molar-refractivity contribution in [3.05, 3.63) is 35.6 Å². The van der Waals surface area contributed by atoms with E-state index in [4.69, 9.17) is 0 Å². The first-order valence-corrected chi connectivity index (χ1v) is 8.41. The van der Waals surface area contributed by atoms with Gasteiger partial charge in [-0.05, 0) is 56.3 Å². The smallest absolute Gasteiger partial charge is 0.123 e. The maximum Gasteiger partial charge on any atom is 0.123 e. The van der Waals surface area contributed by atoms with E-state index in [2.05, 4.69) is 23.3 Å². The molecule has 2 aliphatic carbocycles. The van der Waals surface area contributed by atoms with Gasteiger partial charge in [0.2, 0.25) is 0 Å². The summed E-state index contributed by atoms with van der Waals surface area (Å²) in [5, 5.41) is 3.65. The van der Waals surface area contributed by atoms with E-state index in [1.165, 1.54) is 31.7 Å². The van der Waals surface area contributed by atoms with Crippen LogP contribution < -0.4 is 5.32 Å². The second kappa shape index (κ2) is 6.89. The molecule has 0 bridgehead atoms. The maximum absolute atomic E-state index is 13.2. The van der Waals surface area contributed by atoms with Crippen molar-refractivity contribution in [1.82, 2.24) is 10.2 Å². The first-order chi connectivity index (χ1) is 10.2. The zero-order chi connectivity index (χ0) is 14.7. The minimum absolute atomic E-state index is 0.109. The van der Waals surface area contributed by atoms with Crippen molar-refractivity contribution >= 4 is 0 Å². The van der Waals surface area contributed by atoms with Gasteiger partial charge in [0, 0.05) is 25.2 Å². The van der Waals surface area contributed by atoms with Crippen molar-refractivity contribution in [3.63, 3.8) is 0 Å². The Morgan fingerprint density at radius 3 is 2.71 bits per heavy atom. The lowest BCUT2D eigenvalue weighted by Crippen LogP contribution is -2.44. The minimum atomic E-state index is -0.109. The van der Waals surface area contributed by atoms with Gasteiger partial charge in [-0.1, -0.05) is 25.0 Å². The Morgan fingerprint density at radius 2 is 2.00 bits per heavy atom. The van der Waals surface area contributed by atoms with Gasteiger partial charge in [0.05, 0.1) is 0 Å². The Morgan fingerprint density at radius 1 is 1.24 bits per heavy atom. The largest absolute Gasteiger partial charge is 0.313 e. The van der Waals surface area contributed by atoms with Crippen molar-refractivity contribution in [1.29, 1.82) is 0 Å². The topological polar surface area (TPSA) is 15.3 Å². The molecule has 2 fully saturated rings. The van der Waals surface area contributed by atoms with Gasteiger partial charge in [-0.15, -0.1) is 0 Å². The molecule has 0 radical (unpaired) electrons. The number of nitrogens with one attached hydrogen (secondary N) is 1. The SMILES string of the molecule is CN(CCNC1CC(c2cccc(F)c2)C1)C1CCCC1. The van der Waals surface area contributed by atoms with E-state index >= 15 is 0 Å². The summed E-state index contributed by atoms with van der Waals surface area (Å²) in [7, 11) is 2.26. The predicted octanol–water partition coefficient (Wildman–Crippen LogP) is 3.54. The molecule has 3 rings (SSSR count). The van der Waals surface area contributed by atoms with Crippen molar-refractivity contribution in [3.8, 4) is 0 Å². The van der Waals surface area contributed by atoms with Gasteiger partial charge in [-0.25, -0.2) is 4.39 Å². The van der Waals surface area contributed by atoms with Crippen molar-refractivity contribution in [2.45, 2.75) is 56.5 Å². The molecule has 0 unspecified atom stereocenters. The second-order valence-electron chi connectivity index (χ2n) is 6.79. The standard InChI is InChI=1S/C18H27FN2/c1-21(18-7-2-3-8-18)10-9-20-17-12-15(13-17)14-5-4-6-16(19)11-14/h4-6,11,15,17-18,20H,2-3,7-10,12-13H2,1H3. The van der Waals surface area contributed by atoms with Crippen LogP contribution >= 0.6 is 0 Å². The average molecular weight is 290 g/mol. The summed E-state index contributed by atoms with van der Waals surface area (Å²) >= 11 is 0. The Hall–Kier alpha value is -0.930. The Labute approximate surface area is 127 Å². The third kappa shape index (κ3) is 3.83. The fourth-order valence-corrected chi connectivity index (χ4v) is 3.79. The van der Waals surface area contributed by atoms with E-state index in [1.807, 2.05) is 6.07 Å². The Balaban J connectivity index is 1.34. The van der Waals surface area contributed by atoms with Crippen LogP contribution in [-0.4, -0.2) is 37.1 Å². The number of benzene rings is 1. The van der Waals surface area contributed by atoms with Crippen molar-refractivity contribution in [2.24, 2.45) is 0 Å². The average Bonchev–Trinajstić information content (AvgIpc) is 2.95. The summed E-state index contributed by atoms with van der Waals surface area (Å²) in [6, 6.07) is 8.52. The highest BCUT2D eigenvalue weighted by Crippen LogP contribution is 2.36. The molecule has 2 aliphatic rings. The van der Waals surface area contributed by atoms with Gasteiger partial charge in [0.25, 0.3) is 0 Å². The van der Waals surface area contributed by atoms with E-state index in [0.29, 0.717) is 12.0 Å². The lowest BCUT2D eigenvalue weighted by atomic mass is 9.76. The van der Waals surface area contributed by atoms with Gasteiger partial charge in [0.1, 0.15) is 5.82 Å². The molecule has 3 heteroatoms. The second-order valence-corrected chi connectivity index (χ2v) is 6.79. The summed E-state index contributed by atoms with van der Waals surface area (Å²) in [5.74, 6) is 0.438. The molecule has 116 valence electrons. The molecular formula is C18H27FN2. The molecule has 1 N–H and O–H groups in total. The number of halogens is 1. The van der Waals surface area contributed by atoms with Gasteiger partial charge in [-0.2, -0.15) is 0 Å². The monoisotopic (exact) mass is 290 g/mol. The molecule has 1 aromatic carbocycles. The lowest BCUT2D eigenvalue weighted by molar-refractivity contribution is 0.225. The molecule has 0 aliphatic heterocycles. The van der Waals surface area contributed by atoms with Crippen LogP contribution in [0.15, 0.2) is 24.3 Å². The number of nitrogens with zero attached hydrogens (tertiary/aromatic N) is 1. The molecule has 0 amide bonds. The Kier molecular flexibility index (Phi) is 4.91. The predicted molar refractivity (Wildman–Crippen MR) is 85.1 cm³/mol. The molecule has 0 heterocycles. The number of rotatable bonds is 6. The zero-order valence-electron chi connectivity index (χ0n) is 13.0. The fraction of sp³-hybridized carbons (Fsp3) is 0.667. The summed E-state index contributed by atoms with van der Waals surface area (Å²) in [6.45, 7) is 2.22. The molecular weight excluding hydrogens is 263 g/mol. The van der Waals surface area contributed by atoms with Crippen LogP contribution in [0.3, 0.4) is 0 Å². The van der Waals surface area contributed by atoms with Gasteiger partial charge in [-0.3, -0.25) is 0 Å². The van der Waals surface area contributed by atoms with E-state index in [9.17, 15) is 4.39 Å².